The van der Waals surface area contributed by atoms with E-state index in [2.05, 4.69) is 15.3 Å². The molecule has 0 aliphatic heterocycles. The summed E-state index contributed by atoms with van der Waals surface area (Å²) in [6.07, 6.45) is 5.50. The molecule has 0 aliphatic rings. The van der Waals surface area contributed by atoms with Gasteiger partial charge < -0.3 is 9.47 Å². The van der Waals surface area contributed by atoms with Gasteiger partial charge in [0.25, 0.3) is 0 Å². The van der Waals surface area contributed by atoms with Crippen LogP contribution in [0.5, 0.6) is 17.4 Å². The number of nitrogens with zero attached hydrogens (tertiary/aromatic N) is 2. The molecule has 0 N–H and O–H groups in total. The molecule has 0 bridgehead atoms. The summed E-state index contributed by atoms with van der Waals surface area (Å²) >= 11 is 7.59. The molecule has 0 radical (unpaired) electrons. The summed E-state index contributed by atoms with van der Waals surface area (Å²) in [5.74, 6) is 1.74. The van der Waals surface area contributed by atoms with Crippen LogP contribution < -0.4 is 9.47 Å². The maximum Gasteiger partial charge on any atom is 0.231 e. The van der Waals surface area contributed by atoms with Gasteiger partial charge in [-0.3, -0.25) is 0 Å². The molecule has 6 heteroatoms. The Labute approximate surface area is 172 Å². The van der Waals surface area contributed by atoms with Crippen molar-refractivity contribution in [3.63, 3.8) is 0 Å². The number of hydrogen-bond donors (Lipinski definition) is 0. The number of methoxy groups -OCH3 is 1. The normalized spacial score (nSPS) is 11.2. The number of halogens is 1. The van der Waals surface area contributed by atoms with Gasteiger partial charge in [-0.1, -0.05) is 42.0 Å². The molecule has 0 fully saturated rings. The van der Waals surface area contributed by atoms with Crippen LogP contribution in [0.25, 0.3) is 27.4 Å². The second-order valence-corrected chi connectivity index (χ2v) is 7.32. The number of allylic oxidation sites excluding steroid dienone is 1. The SMILES string of the molecule is C/C=C/c1ccc(Oc2ncnc3scc(-c4ccc(Cl)cc4)c23)c(OC)c1. The predicted molar refractivity (Wildman–Crippen MR) is 116 cm³/mol. The van der Waals surface area contributed by atoms with Gasteiger partial charge in [-0.25, -0.2) is 9.97 Å². The monoisotopic (exact) mass is 408 g/mol. The van der Waals surface area contributed by atoms with E-state index in [0.29, 0.717) is 22.4 Å². The Morgan fingerprint density at radius 3 is 2.61 bits per heavy atom. The Hall–Kier alpha value is -2.89. The Kier molecular flexibility index (Phi) is 5.28. The first kappa shape index (κ1) is 18.5. The Bertz CT molecular complexity index is 1150. The minimum absolute atomic E-state index is 0.494. The number of aromatic nitrogens is 2. The van der Waals surface area contributed by atoms with Crippen molar-refractivity contribution in [1.29, 1.82) is 0 Å². The molecule has 0 unspecified atom stereocenters. The van der Waals surface area contributed by atoms with E-state index in [1.54, 1.807) is 18.4 Å². The van der Waals surface area contributed by atoms with Crippen LogP contribution in [0.4, 0.5) is 0 Å². The van der Waals surface area contributed by atoms with Crippen LogP contribution in [0, 0.1) is 0 Å². The van der Waals surface area contributed by atoms with Gasteiger partial charge in [-0.2, -0.15) is 0 Å². The summed E-state index contributed by atoms with van der Waals surface area (Å²) in [5.41, 5.74) is 3.08. The molecule has 0 atom stereocenters. The third kappa shape index (κ3) is 3.59. The summed E-state index contributed by atoms with van der Waals surface area (Å²) < 4.78 is 11.7. The number of benzene rings is 2. The molecule has 4 nitrogen and oxygen atoms in total. The summed E-state index contributed by atoms with van der Waals surface area (Å²) in [6, 6.07) is 13.5. The van der Waals surface area contributed by atoms with Gasteiger partial charge in [0.05, 0.1) is 12.5 Å². The number of ether oxygens (including phenoxy) is 2. The van der Waals surface area contributed by atoms with Crippen LogP contribution in [0.1, 0.15) is 12.5 Å². The molecule has 0 spiro atoms. The highest BCUT2D eigenvalue weighted by molar-refractivity contribution is 7.17. The fourth-order valence-corrected chi connectivity index (χ4v) is 3.97. The van der Waals surface area contributed by atoms with Crippen molar-refractivity contribution < 1.29 is 9.47 Å². The minimum atomic E-state index is 0.494. The number of fused-ring (bicyclic) bond motifs is 1. The van der Waals surface area contributed by atoms with E-state index in [-0.39, 0.29) is 0 Å². The van der Waals surface area contributed by atoms with Crippen LogP contribution in [0.3, 0.4) is 0 Å². The molecule has 0 amide bonds. The number of thiophene rings is 1. The standard InChI is InChI=1S/C22H17ClN2O2S/c1-3-4-14-5-10-18(19(11-14)26-2)27-21-20-17(12-28-22(20)25-13-24-21)15-6-8-16(23)9-7-15/h3-13H,1-2H3/b4-3+. The molecular weight excluding hydrogens is 392 g/mol. The van der Waals surface area contributed by atoms with E-state index in [4.69, 9.17) is 21.1 Å². The molecule has 0 saturated carbocycles. The maximum atomic E-state index is 6.17. The predicted octanol–water partition coefficient (Wildman–Crippen LogP) is 6.85. The summed E-state index contributed by atoms with van der Waals surface area (Å²) in [6.45, 7) is 1.98. The van der Waals surface area contributed by atoms with Crippen LogP contribution in [0.2, 0.25) is 5.02 Å². The zero-order chi connectivity index (χ0) is 19.5. The summed E-state index contributed by atoms with van der Waals surface area (Å²) in [5, 5.41) is 3.62. The lowest BCUT2D eigenvalue weighted by atomic mass is 10.1. The Morgan fingerprint density at radius 1 is 1.04 bits per heavy atom. The van der Waals surface area contributed by atoms with Gasteiger partial charge >= 0.3 is 0 Å². The van der Waals surface area contributed by atoms with Crippen molar-refractivity contribution in [3.8, 4) is 28.5 Å². The number of hydrogen-bond acceptors (Lipinski definition) is 5. The molecule has 4 aromatic rings. The first-order chi connectivity index (χ1) is 13.7. The third-order valence-corrected chi connectivity index (χ3v) is 5.38. The van der Waals surface area contributed by atoms with Crippen LogP contribution >= 0.6 is 22.9 Å². The Morgan fingerprint density at radius 2 is 1.86 bits per heavy atom. The highest BCUT2D eigenvalue weighted by atomic mass is 35.5. The third-order valence-electron chi connectivity index (χ3n) is 4.24. The van der Waals surface area contributed by atoms with Crippen molar-refractivity contribution in [2.45, 2.75) is 6.92 Å². The second-order valence-electron chi connectivity index (χ2n) is 6.03. The van der Waals surface area contributed by atoms with E-state index >= 15 is 0 Å². The fraction of sp³-hybridized carbons (Fsp3) is 0.0909. The van der Waals surface area contributed by atoms with Gasteiger partial charge in [0.15, 0.2) is 11.5 Å². The average Bonchev–Trinajstić information content (AvgIpc) is 3.15. The van der Waals surface area contributed by atoms with E-state index < -0.39 is 0 Å². The van der Waals surface area contributed by atoms with Gasteiger partial charge in [-0.05, 0) is 42.3 Å². The molecule has 2 heterocycles. The zero-order valence-corrected chi connectivity index (χ0v) is 16.9. The summed E-state index contributed by atoms with van der Waals surface area (Å²) in [4.78, 5) is 9.64. The van der Waals surface area contributed by atoms with Gasteiger partial charge in [-0.15, -0.1) is 11.3 Å². The van der Waals surface area contributed by atoms with E-state index in [1.165, 1.54) is 6.33 Å². The lowest BCUT2D eigenvalue weighted by Crippen LogP contribution is -1.94. The van der Waals surface area contributed by atoms with Crippen molar-refractivity contribution >= 4 is 39.2 Å². The van der Waals surface area contributed by atoms with Crippen LogP contribution in [-0.2, 0) is 0 Å². The van der Waals surface area contributed by atoms with Gasteiger partial charge in [0.1, 0.15) is 11.2 Å². The molecule has 2 aromatic heterocycles. The topological polar surface area (TPSA) is 44.2 Å². The highest BCUT2D eigenvalue weighted by Gasteiger charge is 2.16. The average molecular weight is 409 g/mol. The van der Waals surface area contributed by atoms with Crippen LogP contribution in [0.15, 0.2) is 60.2 Å². The second kappa shape index (κ2) is 8.00. The minimum Gasteiger partial charge on any atom is -0.493 e. The maximum absolute atomic E-state index is 6.17. The lowest BCUT2D eigenvalue weighted by Gasteiger charge is -2.12. The lowest BCUT2D eigenvalue weighted by molar-refractivity contribution is 0.375. The van der Waals surface area contributed by atoms with Crippen molar-refractivity contribution in [3.05, 3.63) is 70.8 Å². The Balaban J connectivity index is 1.79. The molecule has 0 aliphatic carbocycles. The smallest absolute Gasteiger partial charge is 0.231 e. The van der Waals surface area contributed by atoms with Crippen molar-refractivity contribution in [2.75, 3.05) is 7.11 Å². The molecule has 28 heavy (non-hydrogen) atoms. The highest BCUT2D eigenvalue weighted by Crippen LogP contribution is 2.41. The first-order valence-corrected chi connectivity index (χ1v) is 9.92. The van der Waals surface area contributed by atoms with Crippen molar-refractivity contribution in [2.24, 2.45) is 0 Å². The molecular formula is C22H17ClN2O2S. The quantitative estimate of drug-likeness (QED) is 0.362. The molecule has 4 rings (SSSR count). The van der Waals surface area contributed by atoms with Crippen LogP contribution in [-0.4, -0.2) is 17.1 Å². The first-order valence-electron chi connectivity index (χ1n) is 8.66. The molecule has 2 aromatic carbocycles. The fourth-order valence-electron chi connectivity index (χ4n) is 2.94. The summed E-state index contributed by atoms with van der Waals surface area (Å²) in [7, 11) is 1.63. The van der Waals surface area contributed by atoms with E-state index in [9.17, 15) is 0 Å². The van der Waals surface area contributed by atoms with E-state index in [1.807, 2.05) is 61.5 Å². The molecule has 0 saturated heterocycles. The molecule has 140 valence electrons. The van der Waals surface area contributed by atoms with Gasteiger partial charge in [0.2, 0.25) is 5.88 Å². The van der Waals surface area contributed by atoms with Crippen molar-refractivity contribution in [1.82, 2.24) is 9.97 Å². The largest absolute Gasteiger partial charge is 0.493 e. The van der Waals surface area contributed by atoms with E-state index in [0.717, 1.165) is 26.9 Å². The van der Waals surface area contributed by atoms with Gasteiger partial charge in [0, 0.05) is 16.0 Å². The zero-order valence-electron chi connectivity index (χ0n) is 15.3. The number of rotatable bonds is 5.